The van der Waals surface area contributed by atoms with Gasteiger partial charge in [0.15, 0.2) is 0 Å². The zero-order valence-corrected chi connectivity index (χ0v) is 8.47. The van der Waals surface area contributed by atoms with Crippen LogP contribution in [0.1, 0.15) is 33.1 Å². The molecule has 0 spiro atoms. The van der Waals surface area contributed by atoms with Gasteiger partial charge in [0.05, 0.1) is 0 Å². The van der Waals surface area contributed by atoms with E-state index < -0.39 is 0 Å². The van der Waals surface area contributed by atoms with Crippen molar-refractivity contribution in [3.05, 3.63) is 0 Å². The minimum Gasteiger partial charge on any atom is -0.316 e. The van der Waals surface area contributed by atoms with E-state index in [2.05, 4.69) is 24.1 Å². The third kappa shape index (κ3) is 3.11. The lowest BCUT2D eigenvalue weighted by Crippen LogP contribution is -2.41. The molecule has 1 fully saturated rings. The fraction of sp³-hybridized carbons (Fsp3) is 1.00. The second-order valence-electron chi connectivity index (χ2n) is 3.73. The predicted octanol–water partition coefficient (Wildman–Crippen LogP) is 1.47. The molecule has 0 amide bonds. The molecule has 12 heavy (non-hydrogen) atoms. The topological polar surface area (TPSA) is 15.3 Å². The lowest BCUT2D eigenvalue weighted by atomic mass is 10.0. The van der Waals surface area contributed by atoms with Gasteiger partial charge >= 0.3 is 0 Å². The van der Waals surface area contributed by atoms with Gasteiger partial charge in [-0.05, 0) is 32.9 Å². The van der Waals surface area contributed by atoms with E-state index >= 15 is 0 Å². The van der Waals surface area contributed by atoms with Crippen LogP contribution in [0.2, 0.25) is 0 Å². The van der Waals surface area contributed by atoms with Gasteiger partial charge in [0, 0.05) is 19.1 Å². The highest BCUT2D eigenvalue weighted by molar-refractivity contribution is 4.73. The molecule has 1 N–H and O–H groups in total. The number of piperidine rings is 1. The van der Waals surface area contributed by atoms with E-state index in [1.165, 1.54) is 32.4 Å². The third-order valence-electron chi connectivity index (χ3n) is 2.77. The summed E-state index contributed by atoms with van der Waals surface area (Å²) in [5.74, 6) is 0. The van der Waals surface area contributed by atoms with Gasteiger partial charge in [0.25, 0.3) is 0 Å². The Morgan fingerprint density at radius 1 is 1.42 bits per heavy atom. The highest BCUT2D eigenvalue weighted by atomic mass is 15.2. The van der Waals surface area contributed by atoms with Crippen molar-refractivity contribution in [3.8, 4) is 0 Å². The lowest BCUT2D eigenvalue weighted by Gasteiger charge is -2.33. The monoisotopic (exact) mass is 170 g/mol. The Bertz CT molecular complexity index is 114. The number of rotatable bonds is 4. The van der Waals surface area contributed by atoms with Gasteiger partial charge in [-0.25, -0.2) is 0 Å². The molecule has 2 nitrogen and oxygen atoms in total. The Hall–Kier alpha value is -0.0800. The van der Waals surface area contributed by atoms with Crippen molar-refractivity contribution in [2.45, 2.75) is 39.2 Å². The first-order chi connectivity index (χ1) is 5.84. The van der Waals surface area contributed by atoms with Crippen LogP contribution in [0.3, 0.4) is 0 Å². The molecular formula is C10H22N2. The maximum atomic E-state index is 3.37. The van der Waals surface area contributed by atoms with Crippen LogP contribution in [0.15, 0.2) is 0 Å². The smallest absolute Gasteiger partial charge is 0.0110 e. The minimum absolute atomic E-state index is 0.817. The Labute approximate surface area is 76.3 Å². The zero-order chi connectivity index (χ0) is 8.81. The van der Waals surface area contributed by atoms with Gasteiger partial charge < -0.3 is 5.32 Å². The molecule has 1 heterocycles. The fourth-order valence-corrected chi connectivity index (χ4v) is 1.89. The van der Waals surface area contributed by atoms with Gasteiger partial charge in [-0.3, -0.25) is 4.90 Å². The summed E-state index contributed by atoms with van der Waals surface area (Å²) in [7, 11) is 0. The van der Waals surface area contributed by atoms with Gasteiger partial charge in [0.1, 0.15) is 0 Å². The molecule has 0 radical (unpaired) electrons. The molecule has 0 aliphatic carbocycles. The van der Waals surface area contributed by atoms with Crippen molar-refractivity contribution in [3.63, 3.8) is 0 Å². The van der Waals surface area contributed by atoms with Crippen LogP contribution in [0.25, 0.3) is 0 Å². The van der Waals surface area contributed by atoms with Crippen LogP contribution in [0.4, 0.5) is 0 Å². The maximum absolute atomic E-state index is 3.37. The first kappa shape index (κ1) is 10.0. The predicted molar refractivity (Wildman–Crippen MR) is 53.4 cm³/mol. The first-order valence-corrected chi connectivity index (χ1v) is 5.29. The summed E-state index contributed by atoms with van der Waals surface area (Å²) in [5.41, 5.74) is 0. The van der Waals surface area contributed by atoms with E-state index in [0.717, 1.165) is 19.1 Å². The van der Waals surface area contributed by atoms with Crippen LogP contribution >= 0.6 is 0 Å². The van der Waals surface area contributed by atoms with Gasteiger partial charge in [-0.2, -0.15) is 0 Å². The van der Waals surface area contributed by atoms with Crippen molar-refractivity contribution < 1.29 is 0 Å². The Morgan fingerprint density at radius 3 is 2.92 bits per heavy atom. The molecule has 2 heteroatoms. The van der Waals surface area contributed by atoms with Crippen LogP contribution in [0.5, 0.6) is 0 Å². The molecule has 72 valence electrons. The van der Waals surface area contributed by atoms with Crippen molar-refractivity contribution in [1.82, 2.24) is 10.2 Å². The van der Waals surface area contributed by atoms with E-state index in [4.69, 9.17) is 0 Å². The van der Waals surface area contributed by atoms with Crippen molar-refractivity contribution >= 4 is 0 Å². The van der Waals surface area contributed by atoms with Gasteiger partial charge in [0.2, 0.25) is 0 Å². The van der Waals surface area contributed by atoms with E-state index in [9.17, 15) is 0 Å². The van der Waals surface area contributed by atoms with Crippen LogP contribution in [-0.4, -0.2) is 37.1 Å². The van der Waals surface area contributed by atoms with E-state index in [1.807, 2.05) is 0 Å². The highest BCUT2D eigenvalue weighted by Crippen LogP contribution is 2.15. The van der Waals surface area contributed by atoms with Crippen molar-refractivity contribution in [1.29, 1.82) is 0 Å². The third-order valence-corrected chi connectivity index (χ3v) is 2.77. The van der Waals surface area contributed by atoms with Crippen molar-refractivity contribution in [2.75, 3.05) is 26.2 Å². The van der Waals surface area contributed by atoms with E-state index in [0.29, 0.717) is 0 Å². The van der Waals surface area contributed by atoms with Crippen molar-refractivity contribution in [2.24, 2.45) is 0 Å². The highest BCUT2D eigenvalue weighted by Gasteiger charge is 2.16. The van der Waals surface area contributed by atoms with E-state index in [-0.39, 0.29) is 0 Å². The molecule has 1 rings (SSSR count). The Morgan fingerprint density at radius 2 is 2.25 bits per heavy atom. The normalized spacial score (nSPS) is 26.0. The molecule has 0 aromatic rings. The summed E-state index contributed by atoms with van der Waals surface area (Å²) in [4.78, 5) is 2.60. The maximum Gasteiger partial charge on any atom is 0.0110 e. The molecule has 0 aromatic carbocycles. The molecule has 0 bridgehead atoms. The summed E-state index contributed by atoms with van der Waals surface area (Å²) in [6, 6.07) is 0.817. The summed E-state index contributed by atoms with van der Waals surface area (Å²) >= 11 is 0. The SMILES string of the molecule is CCNCCN1CCCCC1C. The number of nitrogens with zero attached hydrogens (tertiary/aromatic N) is 1. The fourth-order valence-electron chi connectivity index (χ4n) is 1.89. The second-order valence-corrected chi connectivity index (χ2v) is 3.73. The number of likely N-dealkylation sites (N-methyl/N-ethyl adjacent to an activating group) is 1. The summed E-state index contributed by atoms with van der Waals surface area (Å²) < 4.78 is 0. The average molecular weight is 170 g/mol. The molecule has 1 unspecified atom stereocenters. The summed E-state index contributed by atoms with van der Waals surface area (Å²) in [6.45, 7) is 9.31. The number of hydrogen-bond acceptors (Lipinski definition) is 2. The average Bonchev–Trinajstić information content (AvgIpc) is 2.09. The van der Waals surface area contributed by atoms with Crippen LogP contribution in [-0.2, 0) is 0 Å². The van der Waals surface area contributed by atoms with Crippen LogP contribution < -0.4 is 5.32 Å². The second kappa shape index (κ2) is 5.55. The lowest BCUT2D eigenvalue weighted by molar-refractivity contribution is 0.162. The Balaban J connectivity index is 2.11. The molecule has 0 saturated carbocycles. The minimum atomic E-state index is 0.817. The van der Waals surface area contributed by atoms with Gasteiger partial charge in [-0.1, -0.05) is 13.3 Å². The number of nitrogens with one attached hydrogen (secondary N) is 1. The Kier molecular flexibility index (Phi) is 4.62. The largest absolute Gasteiger partial charge is 0.316 e. The zero-order valence-electron chi connectivity index (χ0n) is 8.47. The molecule has 1 atom stereocenters. The molecule has 1 saturated heterocycles. The van der Waals surface area contributed by atoms with E-state index in [1.54, 1.807) is 0 Å². The van der Waals surface area contributed by atoms with Crippen LogP contribution in [0, 0.1) is 0 Å². The van der Waals surface area contributed by atoms with Gasteiger partial charge in [-0.15, -0.1) is 0 Å². The molecular weight excluding hydrogens is 148 g/mol. The molecule has 0 aromatic heterocycles. The summed E-state index contributed by atoms with van der Waals surface area (Å²) in [5, 5.41) is 3.37. The number of likely N-dealkylation sites (tertiary alicyclic amines) is 1. The standard InChI is InChI=1S/C10H22N2/c1-3-11-7-9-12-8-5-4-6-10(12)2/h10-11H,3-9H2,1-2H3. The molecule has 1 aliphatic heterocycles. The quantitative estimate of drug-likeness (QED) is 0.643. The number of hydrogen-bond donors (Lipinski definition) is 1. The first-order valence-electron chi connectivity index (χ1n) is 5.29. The molecule has 1 aliphatic rings. The summed E-state index contributed by atoms with van der Waals surface area (Å²) in [6.07, 6.45) is 4.22.